The molecule has 0 aliphatic rings. The van der Waals surface area contributed by atoms with E-state index in [9.17, 15) is 9.59 Å². The van der Waals surface area contributed by atoms with Crippen molar-refractivity contribution in [2.24, 2.45) is 5.92 Å². The van der Waals surface area contributed by atoms with E-state index in [0.717, 1.165) is 23.4 Å². The summed E-state index contributed by atoms with van der Waals surface area (Å²) in [7, 11) is 0. The first-order valence-corrected chi connectivity index (χ1v) is 6.89. The molecule has 1 heterocycles. The fourth-order valence-electron chi connectivity index (χ4n) is 2.03. The van der Waals surface area contributed by atoms with Crippen molar-refractivity contribution in [3.05, 3.63) is 17.0 Å². The van der Waals surface area contributed by atoms with Gasteiger partial charge < -0.3 is 10.4 Å². The molecule has 20 heavy (non-hydrogen) atoms. The number of nitrogens with zero attached hydrogens (tertiary/aromatic N) is 1. The van der Waals surface area contributed by atoms with Gasteiger partial charge in [-0.25, -0.2) is 0 Å². The van der Waals surface area contributed by atoms with Crippen molar-refractivity contribution >= 4 is 11.9 Å². The van der Waals surface area contributed by atoms with Crippen LogP contribution >= 0.6 is 0 Å². The molecule has 0 aliphatic heterocycles. The van der Waals surface area contributed by atoms with E-state index in [1.54, 1.807) is 0 Å². The molecule has 0 saturated heterocycles. The minimum Gasteiger partial charge on any atom is -0.481 e. The summed E-state index contributed by atoms with van der Waals surface area (Å²) in [5, 5.41) is 18.4. The van der Waals surface area contributed by atoms with Gasteiger partial charge in [-0.2, -0.15) is 5.10 Å². The molecule has 1 aromatic rings. The van der Waals surface area contributed by atoms with Gasteiger partial charge >= 0.3 is 5.97 Å². The third kappa shape index (κ3) is 5.42. The first-order chi connectivity index (χ1) is 9.40. The van der Waals surface area contributed by atoms with Crippen LogP contribution in [0.5, 0.6) is 0 Å². The molecule has 112 valence electrons. The normalized spacial score (nSPS) is 12.2. The van der Waals surface area contributed by atoms with Crippen LogP contribution in [0.15, 0.2) is 0 Å². The minimum absolute atomic E-state index is 0.0250. The zero-order valence-electron chi connectivity index (χ0n) is 12.3. The number of carbonyl (C=O) groups is 2. The lowest BCUT2D eigenvalue weighted by Crippen LogP contribution is -2.27. The molecule has 6 nitrogen and oxygen atoms in total. The number of carboxylic acids is 1. The fraction of sp³-hybridized carbons (Fsp3) is 0.643. The van der Waals surface area contributed by atoms with E-state index < -0.39 is 5.97 Å². The van der Waals surface area contributed by atoms with Gasteiger partial charge in [0.05, 0.1) is 12.1 Å². The van der Waals surface area contributed by atoms with Crippen LogP contribution in [0.4, 0.5) is 0 Å². The number of carboxylic acid groups (broad SMARTS) is 1. The van der Waals surface area contributed by atoms with E-state index in [-0.39, 0.29) is 12.3 Å². The van der Waals surface area contributed by atoms with E-state index >= 15 is 0 Å². The van der Waals surface area contributed by atoms with Crippen LogP contribution in [0.1, 0.15) is 43.1 Å². The maximum Gasteiger partial charge on any atom is 0.303 e. The Hall–Kier alpha value is -1.85. The van der Waals surface area contributed by atoms with Crippen LogP contribution in [0.2, 0.25) is 0 Å². The van der Waals surface area contributed by atoms with E-state index in [1.807, 2.05) is 20.8 Å². The Labute approximate surface area is 119 Å². The second-order valence-electron chi connectivity index (χ2n) is 5.27. The van der Waals surface area contributed by atoms with Gasteiger partial charge in [0.1, 0.15) is 0 Å². The largest absolute Gasteiger partial charge is 0.481 e. The number of aromatic amines is 1. The third-order valence-electron chi connectivity index (χ3n) is 3.43. The highest BCUT2D eigenvalue weighted by molar-refractivity contribution is 5.79. The average molecular weight is 281 g/mol. The molecule has 0 fully saturated rings. The fourth-order valence-corrected chi connectivity index (χ4v) is 2.03. The van der Waals surface area contributed by atoms with Crippen molar-refractivity contribution in [3.8, 4) is 0 Å². The maximum atomic E-state index is 11.8. The zero-order chi connectivity index (χ0) is 15.1. The number of aliphatic carboxylic acids is 1. The molecule has 6 heteroatoms. The summed E-state index contributed by atoms with van der Waals surface area (Å²) in [6.07, 6.45) is 1.95. The number of carbonyl (C=O) groups excluding carboxylic acids is 1. The van der Waals surface area contributed by atoms with Crippen molar-refractivity contribution in [1.29, 1.82) is 0 Å². The van der Waals surface area contributed by atoms with Gasteiger partial charge in [0.25, 0.3) is 0 Å². The summed E-state index contributed by atoms with van der Waals surface area (Å²) in [5.74, 6) is -0.501. The summed E-state index contributed by atoms with van der Waals surface area (Å²) in [4.78, 5) is 22.3. The summed E-state index contributed by atoms with van der Waals surface area (Å²) in [5.41, 5.74) is 2.72. The summed E-state index contributed by atoms with van der Waals surface area (Å²) < 4.78 is 0. The number of rotatable bonds is 8. The first-order valence-electron chi connectivity index (χ1n) is 6.89. The van der Waals surface area contributed by atoms with Gasteiger partial charge in [0.15, 0.2) is 0 Å². The molecule has 0 spiro atoms. The summed E-state index contributed by atoms with van der Waals surface area (Å²) >= 11 is 0. The van der Waals surface area contributed by atoms with Gasteiger partial charge in [0.2, 0.25) is 5.91 Å². The predicted molar refractivity (Wildman–Crippen MR) is 75.4 cm³/mol. The van der Waals surface area contributed by atoms with E-state index in [0.29, 0.717) is 25.3 Å². The van der Waals surface area contributed by atoms with Crippen molar-refractivity contribution in [3.63, 3.8) is 0 Å². The number of amides is 1. The highest BCUT2D eigenvalue weighted by Crippen LogP contribution is 2.11. The van der Waals surface area contributed by atoms with Crippen molar-refractivity contribution < 1.29 is 14.7 Å². The Morgan fingerprint density at radius 1 is 1.35 bits per heavy atom. The van der Waals surface area contributed by atoms with E-state index in [2.05, 4.69) is 15.5 Å². The molecule has 0 radical (unpaired) electrons. The van der Waals surface area contributed by atoms with Crippen LogP contribution in [-0.4, -0.2) is 33.7 Å². The Morgan fingerprint density at radius 2 is 2.05 bits per heavy atom. The maximum absolute atomic E-state index is 11.8. The third-order valence-corrected chi connectivity index (χ3v) is 3.43. The number of nitrogens with one attached hydrogen (secondary N) is 2. The van der Waals surface area contributed by atoms with Crippen LogP contribution in [0.3, 0.4) is 0 Å². The highest BCUT2D eigenvalue weighted by atomic mass is 16.4. The molecule has 3 N–H and O–H groups in total. The molecule has 0 bridgehead atoms. The molecule has 1 rings (SSSR count). The Bertz CT molecular complexity index is 449. The lowest BCUT2D eigenvalue weighted by molar-refractivity contribution is -0.137. The summed E-state index contributed by atoms with van der Waals surface area (Å²) in [6, 6.07) is 0. The van der Waals surface area contributed by atoms with Gasteiger partial charge in [-0.05, 0) is 32.6 Å². The van der Waals surface area contributed by atoms with Gasteiger partial charge in [0, 0.05) is 24.2 Å². The SMILES string of the molecule is Cc1n[nH]c(C)c1CC(=O)NCCC(C)CCC(=O)O. The van der Waals surface area contributed by atoms with Crippen LogP contribution in [-0.2, 0) is 16.0 Å². The predicted octanol–water partition coefficient (Wildman–Crippen LogP) is 1.58. The molecule has 1 aromatic heterocycles. The Morgan fingerprint density at radius 3 is 2.60 bits per heavy atom. The molecule has 1 amide bonds. The van der Waals surface area contributed by atoms with Gasteiger partial charge in [-0.3, -0.25) is 14.7 Å². The molecule has 0 saturated carbocycles. The van der Waals surface area contributed by atoms with Gasteiger partial charge in [-0.15, -0.1) is 0 Å². The number of hydrogen-bond donors (Lipinski definition) is 3. The number of H-pyrrole nitrogens is 1. The smallest absolute Gasteiger partial charge is 0.303 e. The van der Waals surface area contributed by atoms with Crippen LogP contribution < -0.4 is 5.32 Å². The highest BCUT2D eigenvalue weighted by Gasteiger charge is 2.11. The quantitative estimate of drug-likeness (QED) is 0.674. The van der Waals surface area contributed by atoms with E-state index in [4.69, 9.17) is 5.11 Å². The van der Waals surface area contributed by atoms with Crippen molar-refractivity contribution in [1.82, 2.24) is 15.5 Å². The van der Waals surface area contributed by atoms with E-state index in [1.165, 1.54) is 0 Å². The first kappa shape index (κ1) is 16.2. The molecule has 1 atom stereocenters. The van der Waals surface area contributed by atoms with Gasteiger partial charge in [-0.1, -0.05) is 6.92 Å². The second kappa shape index (κ2) is 7.67. The number of aryl methyl sites for hydroxylation is 2. The number of hydrogen-bond acceptors (Lipinski definition) is 3. The molecular weight excluding hydrogens is 258 g/mol. The van der Waals surface area contributed by atoms with Crippen molar-refractivity contribution in [2.75, 3.05) is 6.54 Å². The summed E-state index contributed by atoms with van der Waals surface area (Å²) in [6.45, 7) is 6.35. The molecule has 0 aromatic carbocycles. The lowest BCUT2D eigenvalue weighted by atomic mass is 10.0. The van der Waals surface area contributed by atoms with Crippen molar-refractivity contribution in [2.45, 2.75) is 46.5 Å². The Kier molecular flexibility index (Phi) is 6.21. The number of aromatic nitrogens is 2. The lowest BCUT2D eigenvalue weighted by Gasteiger charge is -2.10. The topological polar surface area (TPSA) is 95.1 Å². The standard InChI is InChI=1S/C14H23N3O3/c1-9(4-5-14(19)20)6-7-15-13(18)8-12-10(2)16-17-11(12)3/h9H,4-8H2,1-3H3,(H,15,18)(H,16,17)(H,19,20). The molecule has 1 unspecified atom stereocenters. The minimum atomic E-state index is -0.771. The molecular formula is C14H23N3O3. The molecule has 0 aliphatic carbocycles. The zero-order valence-corrected chi connectivity index (χ0v) is 12.3. The van der Waals surface area contributed by atoms with Crippen LogP contribution in [0, 0.1) is 19.8 Å². The Balaban J connectivity index is 2.25. The second-order valence-corrected chi connectivity index (χ2v) is 5.27. The monoisotopic (exact) mass is 281 g/mol. The average Bonchev–Trinajstić information content (AvgIpc) is 2.68. The van der Waals surface area contributed by atoms with Crippen LogP contribution in [0.25, 0.3) is 0 Å².